The van der Waals surface area contributed by atoms with E-state index < -0.39 is 0 Å². The van der Waals surface area contributed by atoms with Crippen molar-refractivity contribution < 1.29 is 4.79 Å². The van der Waals surface area contributed by atoms with Gasteiger partial charge in [-0.15, -0.1) is 6.58 Å². The molecule has 1 aromatic carbocycles. The summed E-state index contributed by atoms with van der Waals surface area (Å²) >= 11 is 0. The van der Waals surface area contributed by atoms with E-state index in [2.05, 4.69) is 48.0 Å². The van der Waals surface area contributed by atoms with E-state index in [9.17, 15) is 4.79 Å². The second-order valence-electron chi connectivity index (χ2n) is 4.72. The van der Waals surface area contributed by atoms with Gasteiger partial charge in [0, 0.05) is 31.2 Å². The SMILES string of the molecule is C=CCNC(=O)CCN1c2ccccc2CC1C. The lowest BCUT2D eigenvalue weighted by Crippen LogP contribution is -2.34. The Kier molecular flexibility index (Phi) is 4.03. The lowest BCUT2D eigenvalue weighted by molar-refractivity contribution is -0.120. The average molecular weight is 244 g/mol. The third-order valence-electron chi connectivity index (χ3n) is 3.37. The number of hydrogen-bond donors (Lipinski definition) is 1. The smallest absolute Gasteiger partial charge is 0.222 e. The van der Waals surface area contributed by atoms with Crippen molar-refractivity contribution in [3.8, 4) is 0 Å². The van der Waals surface area contributed by atoms with Crippen molar-refractivity contribution in [3.05, 3.63) is 42.5 Å². The number of nitrogens with zero attached hydrogens (tertiary/aromatic N) is 1. The van der Waals surface area contributed by atoms with Gasteiger partial charge in [0.2, 0.25) is 5.91 Å². The first-order valence-corrected chi connectivity index (χ1v) is 6.44. The van der Waals surface area contributed by atoms with Gasteiger partial charge < -0.3 is 10.2 Å². The minimum atomic E-state index is 0.0893. The zero-order valence-corrected chi connectivity index (χ0v) is 10.9. The summed E-state index contributed by atoms with van der Waals surface area (Å²) in [5.41, 5.74) is 2.66. The Morgan fingerprint density at radius 2 is 2.33 bits per heavy atom. The first-order valence-electron chi connectivity index (χ1n) is 6.44. The molecule has 0 aliphatic carbocycles. The maximum Gasteiger partial charge on any atom is 0.222 e. The zero-order valence-electron chi connectivity index (χ0n) is 10.9. The highest BCUT2D eigenvalue weighted by atomic mass is 16.1. The van der Waals surface area contributed by atoms with Gasteiger partial charge in [-0.2, -0.15) is 0 Å². The molecule has 1 N–H and O–H groups in total. The Morgan fingerprint density at radius 3 is 3.11 bits per heavy atom. The van der Waals surface area contributed by atoms with Crippen LogP contribution < -0.4 is 10.2 Å². The monoisotopic (exact) mass is 244 g/mol. The number of carbonyl (C=O) groups excluding carboxylic acids is 1. The molecule has 3 heteroatoms. The van der Waals surface area contributed by atoms with E-state index in [0.29, 0.717) is 19.0 Å². The van der Waals surface area contributed by atoms with Gasteiger partial charge in [-0.05, 0) is 25.0 Å². The van der Waals surface area contributed by atoms with Gasteiger partial charge in [0.1, 0.15) is 0 Å². The number of rotatable bonds is 5. The number of amides is 1. The number of nitrogens with one attached hydrogen (secondary N) is 1. The van der Waals surface area contributed by atoms with Crippen LogP contribution in [0.25, 0.3) is 0 Å². The molecule has 0 radical (unpaired) electrons. The molecular weight excluding hydrogens is 224 g/mol. The van der Waals surface area contributed by atoms with Crippen LogP contribution in [0, 0.1) is 0 Å². The van der Waals surface area contributed by atoms with Crippen molar-refractivity contribution in [2.45, 2.75) is 25.8 Å². The van der Waals surface area contributed by atoms with Crippen molar-refractivity contribution in [2.75, 3.05) is 18.0 Å². The van der Waals surface area contributed by atoms with Gasteiger partial charge >= 0.3 is 0 Å². The molecule has 0 fully saturated rings. The van der Waals surface area contributed by atoms with E-state index in [4.69, 9.17) is 0 Å². The fourth-order valence-electron chi connectivity index (χ4n) is 2.47. The van der Waals surface area contributed by atoms with Crippen molar-refractivity contribution >= 4 is 11.6 Å². The molecule has 1 heterocycles. The van der Waals surface area contributed by atoms with Gasteiger partial charge in [-0.3, -0.25) is 4.79 Å². The summed E-state index contributed by atoms with van der Waals surface area (Å²) < 4.78 is 0. The van der Waals surface area contributed by atoms with Crippen LogP contribution in [0.2, 0.25) is 0 Å². The number of hydrogen-bond acceptors (Lipinski definition) is 2. The molecule has 1 aliphatic rings. The molecule has 1 atom stereocenters. The molecule has 18 heavy (non-hydrogen) atoms. The highest BCUT2D eigenvalue weighted by Crippen LogP contribution is 2.31. The quantitative estimate of drug-likeness (QED) is 0.805. The molecule has 0 saturated carbocycles. The van der Waals surface area contributed by atoms with Crippen molar-refractivity contribution in [1.29, 1.82) is 0 Å². The molecule has 96 valence electrons. The van der Waals surface area contributed by atoms with Crippen LogP contribution in [0.4, 0.5) is 5.69 Å². The first-order chi connectivity index (χ1) is 8.72. The molecule has 1 aromatic rings. The molecule has 2 rings (SSSR count). The third kappa shape index (κ3) is 2.73. The summed E-state index contributed by atoms with van der Waals surface area (Å²) in [6.45, 7) is 7.12. The maximum atomic E-state index is 11.6. The predicted octanol–water partition coefficient (Wildman–Crippen LogP) is 2.13. The molecule has 0 spiro atoms. The van der Waals surface area contributed by atoms with Crippen LogP contribution in [-0.2, 0) is 11.2 Å². The molecular formula is C15H20N2O. The van der Waals surface area contributed by atoms with Crippen LogP contribution in [0.15, 0.2) is 36.9 Å². The number of fused-ring (bicyclic) bond motifs is 1. The Labute approximate surface area is 108 Å². The van der Waals surface area contributed by atoms with Crippen molar-refractivity contribution in [1.82, 2.24) is 5.32 Å². The lowest BCUT2D eigenvalue weighted by atomic mass is 10.1. The summed E-state index contributed by atoms with van der Waals surface area (Å²) in [6.07, 6.45) is 3.31. The summed E-state index contributed by atoms with van der Waals surface area (Å²) in [5.74, 6) is 0.0893. The standard InChI is InChI=1S/C15H20N2O/c1-3-9-16-15(18)8-10-17-12(2)11-13-6-4-5-7-14(13)17/h3-7,12H,1,8-11H2,2H3,(H,16,18). The Hall–Kier alpha value is -1.77. The summed E-state index contributed by atoms with van der Waals surface area (Å²) in [7, 11) is 0. The molecule has 1 aliphatic heterocycles. The maximum absolute atomic E-state index is 11.6. The summed E-state index contributed by atoms with van der Waals surface area (Å²) in [4.78, 5) is 13.9. The second kappa shape index (κ2) is 5.71. The fraction of sp³-hybridized carbons (Fsp3) is 0.400. The molecule has 1 unspecified atom stereocenters. The van der Waals surface area contributed by atoms with E-state index in [1.807, 2.05) is 0 Å². The molecule has 3 nitrogen and oxygen atoms in total. The molecule has 0 bridgehead atoms. The predicted molar refractivity (Wildman–Crippen MR) is 74.8 cm³/mol. The minimum Gasteiger partial charge on any atom is -0.368 e. The number of para-hydroxylation sites is 1. The normalized spacial score (nSPS) is 17.4. The van der Waals surface area contributed by atoms with E-state index in [-0.39, 0.29) is 5.91 Å². The topological polar surface area (TPSA) is 32.3 Å². The van der Waals surface area contributed by atoms with Crippen LogP contribution in [0.3, 0.4) is 0 Å². The zero-order chi connectivity index (χ0) is 13.0. The van der Waals surface area contributed by atoms with Crippen LogP contribution in [0.1, 0.15) is 18.9 Å². The molecule has 1 amide bonds. The van der Waals surface area contributed by atoms with E-state index in [1.54, 1.807) is 6.08 Å². The van der Waals surface area contributed by atoms with E-state index >= 15 is 0 Å². The first kappa shape index (κ1) is 12.7. The fourth-order valence-corrected chi connectivity index (χ4v) is 2.47. The molecule has 0 aromatic heterocycles. The van der Waals surface area contributed by atoms with Gasteiger partial charge in [-0.1, -0.05) is 24.3 Å². The number of anilines is 1. The molecule has 0 saturated heterocycles. The van der Waals surface area contributed by atoms with E-state index in [1.165, 1.54) is 11.3 Å². The van der Waals surface area contributed by atoms with Gasteiger partial charge in [0.15, 0.2) is 0 Å². The van der Waals surface area contributed by atoms with E-state index in [0.717, 1.165) is 13.0 Å². The Bertz CT molecular complexity index is 442. The second-order valence-corrected chi connectivity index (χ2v) is 4.72. The Balaban J connectivity index is 1.93. The van der Waals surface area contributed by atoms with Crippen LogP contribution >= 0.6 is 0 Å². The highest BCUT2D eigenvalue weighted by molar-refractivity contribution is 5.77. The Morgan fingerprint density at radius 1 is 1.56 bits per heavy atom. The lowest BCUT2D eigenvalue weighted by Gasteiger charge is -2.24. The average Bonchev–Trinajstić information content (AvgIpc) is 2.69. The largest absolute Gasteiger partial charge is 0.368 e. The van der Waals surface area contributed by atoms with Crippen molar-refractivity contribution in [2.24, 2.45) is 0 Å². The number of benzene rings is 1. The minimum absolute atomic E-state index is 0.0893. The van der Waals surface area contributed by atoms with Gasteiger partial charge in [-0.25, -0.2) is 0 Å². The van der Waals surface area contributed by atoms with Crippen molar-refractivity contribution in [3.63, 3.8) is 0 Å². The third-order valence-corrected chi connectivity index (χ3v) is 3.37. The summed E-state index contributed by atoms with van der Waals surface area (Å²) in [5, 5.41) is 2.81. The van der Waals surface area contributed by atoms with Crippen LogP contribution in [0.5, 0.6) is 0 Å². The number of carbonyl (C=O) groups is 1. The van der Waals surface area contributed by atoms with Gasteiger partial charge in [0.05, 0.1) is 0 Å². The van der Waals surface area contributed by atoms with Gasteiger partial charge in [0.25, 0.3) is 0 Å². The summed E-state index contributed by atoms with van der Waals surface area (Å²) in [6, 6.07) is 8.92. The highest BCUT2D eigenvalue weighted by Gasteiger charge is 2.25. The van der Waals surface area contributed by atoms with Crippen LogP contribution in [-0.4, -0.2) is 25.0 Å².